The van der Waals surface area contributed by atoms with Gasteiger partial charge in [0.25, 0.3) is 0 Å². The van der Waals surface area contributed by atoms with E-state index in [0.717, 1.165) is 31.3 Å². The van der Waals surface area contributed by atoms with Crippen LogP contribution in [0.5, 0.6) is 0 Å². The lowest BCUT2D eigenvalue weighted by Crippen LogP contribution is -2.28. The number of carbonyl (C=O) groups is 1. The van der Waals surface area contributed by atoms with Crippen molar-refractivity contribution in [2.45, 2.75) is 38.6 Å². The van der Waals surface area contributed by atoms with Gasteiger partial charge in [-0.15, -0.1) is 0 Å². The van der Waals surface area contributed by atoms with Crippen LogP contribution < -0.4 is 5.32 Å². The monoisotopic (exact) mass is 227 g/mol. The molecule has 17 heavy (non-hydrogen) atoms. The number of hydrogen-bond acceptors (Lipinski definition) is 1. The maximum Gasteiger partial charge on any atom is 0.248 e. The van der Waals surface area contributed by atoms with Gasteiger partial charge in [0.2, 0.25) is 5.91 Å². The van der Waals surface area contributed by atoms with Gasteiger partial charge in [0.15, 0.2) is 0 Å². The second-order valence-corrected chi connectivity index (χ2v) is 4.86. The minimum atomic E-state index is 0.160. The summed E-state index contributed by atoms with van der Waals surface area (Å²) in [5, 5.41) is 3.12. The topological polar surface area (TPSA) is 29.1 Å². The summed E-state index contributed by atoms with van der Waals surface area (Å²) in [5.74, 6) is 0.160. The predicted octanol–water partition coefficient (Wildman–Crippen LogP) is 2.68. The SMILES string of the molecule is CCCC1NC(=O)C2=C1c1ccccc1CC2. The Labute approximate surface area is 102 Å². The molecule has 2 aliphatic rings. The summed E-state index contributed by atoms with van der Waals surface area (Å²) in [6, 6.07) is 8.74. The fraction of sp³-hybridized carbons (Fsp3) is 0.400. The van der Waals surface area contributed by atoms with Crippen LogP contribution in [0.1, 0.15) is 37.3 Å². The summed E-state index contributed by atoms with van der Waals surface area (Å²) in [6.07, 6.45) is 4.04. The number of nitrogens with one attached hydrogen (secondary N) is 1. The molecule has 1 aliphatic heterocycles. The standard InChI is InChI=1S/C15H17NO/c1-2-5-13-14-11-7-4-3-6-10(11)8-9-12(14)15(17)16-13/h3-4,6-7,13H,2,5,8-9H2,1H3,(H,16,17). The molecule has 2 nitrogen and oxygen atoms in total. The van der Waals surface area contributed by atoms with Crippen molar-refractivity contribution < 1.29 is 4.79 Å². The van der Waals surface area contributed by atoms with Crippen LogP contribution in [-0.2, 0) is 11.2 Å². The van der Waals surface area contributed by atoms with Crippen LogP contribution in [0.4, 0.5) is 0 Å². The van der Waals surface area contributed by atoms with Crippen LogP contribution in [0.3, 0.4) is 0 Å². The lowest BCUT2D eigenvalue weighted by Gasteiger charge is -2.21. The summed E-state index contributed by atoms with van der Waals surface area (Å²) in [7, 11) is 0. The molecule has 1 heterocycles. The van der Waals surface area contributed by atoms with Gasteiger partial charge in [-0.2, -0.15) is 0 Å². The molecule has 0 spiro atoms. The van der Waals surface area contributed by atoms with Crippen LogP contribution in [-0.4, -0.2) is 11.9 Å². The predicted molar refractivity (Wildman–Crippen MR) is 68.5 cm³/mol. The Hall–Kier alpha value is -1.57. The zero-order valence-electron chi connectivity index (χ0n) is 10.1. The van der Waals surface area contributed by atoms with E-state index >= 15 is 0 Å². The van der Waals surface area contributed by atoms with Gasteiger partial charge in [-0.1, -0.05) is 37.6 Å². The smallest absolute Gasteiger partial charge is 0.248 e. The molecular formula is C15H17NO. The largest absolute Gasteiger partial charge is 0.345 e. The summed E-state index contributed by atoms with van der Waals surface area (Å²) >= 11 is 0. The fourth-order valence-corrected chi connectivity index (χ4v) is 3.01. The van der Waals surface area contributed by atoms with Crippen molar-refractivity contribution in [3.8, 4) is 0 Å². The first kappa shape index (κ1) is 10.6. The number of carbonyl (C=O) groups excluding carboxylic acids is 1. The van der Waals surface area contributed by atoms with E-state index in [4.69, 9.17) is 0 Å². The van der Waals surface area contributed by atoms with E-state index < -0.39 is 0 Å². The molecule has 1 aromatic rings. The van der Waals surface area contributed by atoms with E-state index in [1.54, 1.807) is 0 Å². The molecule has 1 amide bonds. The fourth-order valence-electron chi connectivity index (χ4n) is 3.01. The first-order valence-corrected chi connectivity index (χ1v) is 6.43. The lowest BCUT2D eigenvalue weighted by atomic mass is 9.83. The highest BCUT2D eigenvalue weighted by Gasteiger charge is 2.34. The Morgan fingerprint density at radius 3 is 2.94 bits per heavy atom. The van der Waals surface area contributed by atoms with E-state index in [1.165, 1.54) is 16.7 Å². The average Bonchev–Trinajstić information content (AvgIpc) is 2.67. The molecule has 88 valence electrons. The van der Waals surface area contributed by atoms with E-state index in [9.17, 15) is 4.79 Å². The third-order valence-corrected chi connectivity index (χ3v) is 3.78. The van der Waals surface area contributed by atoms with Gasteiger partial charge in [0.1, 0.15) is 0 Å². The molecule has 1 atom stereocenters. The van der Waals surface area contributed by atoms with E-state index in [2.05, 4.69) is 36.5 Å². The molecule has 0 radical (unpaired) electrons. The summed E-state index contributed by atoms with van der Waals surface area (Å²) in [5.41, 5.74) is 5.00. The zero-order chi connectivity index (χ0) is 11.8. The zero-order valence-corrected chi connectivity index (χ0v) is 10.1. The van der Waals surface area contributed by atoms with Crippen LogP contribution in [0.2, 0.25) is 0 Å². The van der Waals surface area contributed by atoms with Gasteiger partial charge in [0.05, 0.1) is 6.04 Å². The van der Waals surface area contributed by atoms with Crippen molar-refractivity contribution in [2.75, 3.05) is 0 Å². The molecule has 1 aliphatic carbocycles. The average molecular weight is 227 g/mol. The molecule has 2 heteroatoms. The lowest BCUT2D eigenvalue weighted by molar-refractivity contribution is -0.117. The van der Waals surface area contributed by atoms with Crippen LogP contribution in [0, 0.1) is 0 Å². The quantitative estimate of drug-likeness (QED) is 0.827. The maximum absolute atomic E-state index is 11.9. The normalized spacial score (nSPS) is 22.2. The van der Waals surface area contributed by atoms with Crippen molar-refractivity contribution in [2.24, 2.45) is 0 Å². The molecule has 1 N–H and O–H groups in total. The Bertz CT molecular complexity index is 501. The van der Waals surface area contributed by atoms with Crippen LogP contribution in [0.15, 0.2) is 29.8 Å². The molecule has 3 rings (SSSR count). The van der Waals surface area contributed by atoms with Crippen molar-refractivity contribution in [1.82, 2.24) is 5.32 Å². The van der Waals surface area contributed by atoms with Crippen molar-refractivity contribution in [3.63, 3.8) is 0 Å². The van der Waals surface area contributed by atoms with Crippen molar-refractivity contribution in [1.29, 1.82) is 0 Å². The Kier molecular flexibility index (Phi) is 2.50. The van der Waals surface area contributed by atoms with Gasteiger partial charge in [-0.25, -0.2) is 0 Å². The molecule has 1 unspecified atom stereocenters. The number of amides is 1. The van der Waals surface area contributed by atoms with Crippen LogP contribution in [0.25, 0.3) is 5.57 Å². The van der Waals surface area contributed by atoms with E-state index in [0.29, 0.717) is 0 Å². The Balaban J connectivity index is 2.10. The number of rotatable bonds is 2. The first-order valence-electron chi connectivity index (χ1n) is 6.43. The highest BCUT2D eigenvalue weighted by molar-refractivity contribution is 6.08. The summed E-state index contributed by atoms with van der Waals surface area (Å²) in [6.45, 7) is 2.17. The Morgan fingerprint density at radius 1 is 1.29 bits per heavy atom. The molecule has 0 fully saturated rings. The van der Waals surface area contributed by atoms with Gasteiger partial charge >= 0.3 is 0 Å². The number of aryl methyl sites for hydroxylation is 1. The summed E-state index contributed by atoms with van der Waals surface area (Å²) in [4.78, 5) is 11.9. The number of benzene rings is 1. The molecule has 1 aromatic carbocycles. The van der Waals surface area contributed by atoms with Gasteiger partial charge in [0, 0.05) is 5.57 Å². The molecule has 0 aromatic heterocycles. The van der Waals surface area contributed by atoms with E-state index in [-0.39, 0.29) is 11.9 Å². The van der Waals surface area contributed by atoms with Crippen LogP contribution >= 0.6 is 0 Å². The number of hydrogen-bond donors (Lipinski definition) is 1. The minimum absolute atomic E-state index is 0.160. The van der Waals surface area contributed by atoms with Gasteiger partial charge in [-0.3, -0.25) is 4.79 Å². The minimum Gasteiger partial charge on any atom is -0.345 e. The molecular weight excluding hydrogens is 210 g/mol. The third kappa shape index (κ3) is 1.59. The highest BCUT2D eigenvalue weighted by atomic mass is 16.2. The molecule has 0 saturated carbocycles. The van der Waals surface area contributed by atoms with Crippen molar-refractivity contribution in [3.05, 3.63) is 41.0 Å². The third-order valence-electron chi connectivity index (χ3n) is 3.78. The van der Waals surface area contributed by atoms with Gasteiger partial charge in [-0.05, 0) is 36.0 Å². The van der Waals surface area contributed by atoms with E-state index in [1.807, 2.05) is 0 Å². The van der Waals surface area contributed by atoms with Crippen molar-refractivity contribution >= 4 is 11.5 Å². The van der Waals surface area contributed by atoms with Gasteiger partial charge < -0.3 is 5.32 Å². The first-order chi connectivity index (χ1) is 8.31. The second kappa shape index (κ2) is 4.02. The Morgan fingerprint density at radius 2 is 2.12 bits per heavy atom. The highest BCUT2D eigenvalue weighted by Crippen LogP contribution is 2.38. The number of fused-ring (bicyclic) bond motifs is 2. The maximum atomic E-state index is 11.9. The summed E-state index contributed by atoms with van der Waals surface area (Å²) < 4.78 is 0. The molecule has 0 saturated heterocycles. The molecule has 0 bridgehead atoms. The second-order valence-electron chi connectivity index (χ2n) is 4.86.